The molecule has 0 aliphatic heterocycles. The lowest BCUT2D eigenvalue weighted by molar-refractivity contribution is -0.141. The molecule has 6 nitrogen and oxygen atoms in total. The molecule has 1 aliphatic rings. The van der Waals surface area contributed by atoms with Crippen molar-refractivity contribution in [1.82, 2.24) is 19.7 Å². The maximum Gasteiger partial charge on any atom is 0.433 e. The van der Waals surface area contributed by atoms with Gasteiger partial charge in [0.25, 0.3) is 5.56 Å². The van der Waals surface area contributed by atoms with Crippen molar-refractivity contribution in [2.75, 3.05) is 0 Å². The van der Waals surface area contributed by atoms with Gasteiger partial charge in [0.15, 0.2) is 0 Å². The highest BCUT2D eigenvalue weighted by Gasteiger charge is 2.32. The van der Waals surface area contributed by atoms with Gasteiger partial charge in [-0.2, -0.15) is 18.3 Å². The Labute approximate surface area is 193 Å². The summed E-state index contributed by atoms with van der Waals surface area (Å²) in [4.78, 5) is 16.1. The van der Waals surface area contributed by atoms with Gasteiger partial charge in [-0.05, 0) is 72.7 Å². The van der Waals surface area contributed by atoms with E-state index in [4.69, 9.17) is 0 Å². The zero-order valence-corrected chi connectivity index (χ0v) is 18.2. The number of aromatic amines is 1. The summed E-state index contributed by atoms with van der Waals surface area (Å²) >= 11 is 0. The number of alkyl halides is 3. The standard InChI is InChI=1S/C25H23F3N4O2/c26-25(27,28)22-11-15(7-9-29-22)14-32-10-8-18(13-23(32)34)17-3-6-21-20(12-17)24(31-30-21)16-1-4-19(33)5-2-16/h3,6-13,16,19,33H,1-2,4-5,14H2,(H,30,31). The predicted octanol–water partition coefficient (Wildman–Crippen LogP) is 4.87. The minimum absolute atomic E-state index is 0.0170. The third-order valence-corrected chi connectivity index (χ3v) is 6.47. The van der Waals surface area contributed by atoms with Gasteiger partial charge in [-0.3, -0.25) is 14.9 Å². The van der Waals surface area contributed by atoms with Gasteiger partial charge in [-0.1, -0.05) is 6.07 Å². The molecular formula is C25H23F3N4O2. The summed E-state index contributed by atoms with van der Waals surface area (Å²) in [6.45, 7) is 0.0170. The van der Waals surface area contributed by atoms with Crippen molar-refractivity contribution >= 4 is 10.9 Å². The number of aliphatic hydroxyl groups excluding tert-OH is 1. The van der Waals surface area contributed by atoms with E-state index in [9.17, 15) is 23.1 Å². The molecule has 4 aromatic rings. The number of pyridine rings is 2. The number of aliphatic hydroxyl groups is 1. The molecule has 1 fully saturated rings. The van der Waals surface area contributed by atoms with Crippen LogP contribution in [0.1, 0.15) is 48.6 Å². The van der Waals surface area contributed by atoms with E-state index >= 15 is 0 Å². The van der Waals surface area contributed by atoms with Gasteiger partial charge in [0.05, 0.1) is 23.9 Å². The van der Waals surface area contributed by atoms with Crippen molar-refractivity contribution in [2.45, 2.75) is 50.4 Å². The number of hydrogen-bond donors (Lipinski definition) is 2. The second-order valence-electron chi connectivity index (χ2n) is 8.80. The van der Waals surface area contributed by atoms with Crippen molar-refractivity contribution < 1.29 is 18.3 Å². The first-order valence-electron chi connectivity index (χ1n) is 11.2. The van der Waals surface area contributed by atoms with Crippen LogP contribution in [0.2, 0.25) is 0 Å². The first kappa shape index (κ1) is 22.3. The highest BCUT2D eigenvalue weighted by Crippen LogP contribution is 2.36. The van der Waals surface area contributed by atoms with Crippen LogP contribution in [0.5, 0.6) is 0 Å². The molecule has 0 amide bonds. The molecule has 176 valence electrons. The topological polar surface area (TPSA) is 83.8 Å². The fraction of sp³-hybridized carbons (Fsp3) is 0.320. The summed E-state index contributed by atoms with van der Waals surface area (Å²) in [6, 6.07) is 11.5. The fourth-order valence-electron chi connectivity index (χ4n) is 4.62. The van der Waals surface area contributed by atoms with Gasteiger partial charge in [0, 0.05) is 29.8 Å². The second kappa shape index (κ2) is 8.72. The van der Waals surface area contributed by atoms with E-state index in [-0.39, 0.29) is 24.1 Å². The van der Waals surface area contributed by atoms with Gasteiger partial charge in [-0.15, -0.1) is 0 Å². The summed E-state index contributed by atoms with van der Waals surface area (Å²) in [7, 11) is 0. The Bertz CT molecular complexity index is 1380. The lowest BCUT2D eigenvalue weighted by Crippen LogP contribution is -2.19. The number of hydrogen-bond acceptors (Lipinski definition) is 4. The van der Waals surface area contributed by atoms with Crippen LogP contribution in [0, 0.1) is 0 Å². The van der Waals surface area contributed by atoms with E-state index in [1.807, 2.05) is 18.2 Å². The highest BCUT2D eigenvalue weighted by atomic mass is 19.4. The quantitative estimate of drug-likeness (QED) is 0.448. The van der Waals surface area contributed by atoms with Crippen LogP contribution in [0.25, 0.3) is 22.0 Å². The van der Waals surface area contributed by atoms with Crippen LogP contribution in [0.4, 0.5) is 13.2 Å². The third-order valence-electron chi connectivity index (χ3n) is 6.47. The van der Waals surface area contributed by atoms with Crippen molar-refractivity contribution in [3.05, 3.63) is 82.2 Å². The molecule has 0 saturated heterocycles. The molecule has 0 radical (unpaired) electrons. The molecule has 9 heteroatoms. The number of aromatic nitrogens is 4. The van der Waals surface area contributed by atoms with Crippen LogP contribution in [-0.4, -0.2) is 31.0 Å². The average molecular weight is 468 g/mol. The maximum absolute atomic E-state index is 12.9. The van der Waals surface area contributed by atoms with Crippen molar-refractivity contribution in [1.29, 1.82) is 0 Å². The number of halogens is 3. The van der Waals surface area contributed by atoms with E-state index in [1.165, 1.54) is 16.7 Å². The molecule has 0 atom stereocenters. The van der Waals surface area contributed by atoms with Crippen LogP contribution in [0.15, 0.2) is 59.7 Å². The van der Waals surface area contributed by atoms with Gasteiger partial charge < -0.3 is 9.67 Å². The summed E-state index contributed by atoms with van der Waals surface area (Å²) in [6.07, 6.45) is 1.20. The SMILES string of the molecule is O=c1cc(-c2ccc3[nH]nc(C4CCC(O)CC4)c3c2)ccn1Cc1ccnc(C(F)(F)F)c1. The zero-order valence-electron chi connectivity index (χ0n) is 18.2. The summed E-state index contributed by atoms with van der Waals surface area (Å²) in [5.74, 6) is 0.280. The van der Waals surface area contributed by atoms with Gasteiger partial charge in [-0.25, -0.2) is 0 Å². The normalized spacial score (nSPS) is 18.9. The monoisotopic (exact) mass is 468 g/mol. The highest BCUT2D eigenvalue weighted by molar-refractivity contribution is 5.87. The largest absolute Gasteiger partial charge is 0.433 e. The molecular weight excluding hydrogens is 445 g/mol. The molecule has 2 N–H and O–H groups in total. The van der Waals surface area contributed by atoms with E-state index in [2.05, 4.69) is 15.2 Å². The van der Waals surface area contributed by atoms with Gasteiger partial charge >= 0.3 is 6.18 Å². The van der Waals surface area contributed by atoms with Crippen molar-refractivity contribution in [3.8, 4) is 11.1 Å². The summed E-state index contributed by atoms with van der Waals surface area (Å²) in [5, 5.41) is 18.4. The Balaban J connectivity index is 1.42. The van der Waals surface area contributed by atoms with E-state index < -0.39 is 11.9 Å². The van der Waals surface area contributed by atoms with Crippen LogP contribution in [-0.2, 0) is 12.7 Å². The summed E-state index contributed by atoms with van der Waals surface area (Å²) in [5.41, 5.74) is 2.53. The Morgan fingerprint density at radius 1 is 1.03 bits per heavy atom. The summed E-state index contributed by atoms with van der Waals surface area (Å²) < 4.78 is 40.2. The molecule has 3 heterocycles. The van der Waals surface area contributed by atoms with Gasteiger partial charge in [0.2, 0.25) is 0 Å². The zero-order chi connectivity index (χ0) is 23.9. The molecule has 0 spiro atoms. The lowest BCUT2D eigenvalue weighted by Gasteiger charge is -2.24. The van der Waals surface area contributed by atoms with Crippen molar-refractivity contribution in [2.24, 2.45) is 0 Å². The van der Waals surface area contributed by atoms with Gasteiger partial charge in [0.1, 0.15) is 5.69 Å². The third kappa shape index (κ3) is 4.48. The molecule has 0 unspecified atom stereocenters. The molecule has 1 aromatic carbocycles. The van der Waals surface area contributed by atoms with Crippen LogP contribution >= 0.6 is 0 Å². The first-order chi connectivity index (χ1) is 16.3. The first-order valence-corrected chi connectivity index (χ1v) is 11.2. The average Bonchev–Trinajstić information content (AvgIpc) is 3.24. The number of rotatable bonds is 4. The minimum Gasteiger partial charge on any atom is -0.393 e. The van der Waals surface area contributed by atoms with Crippen LogP contribution < -0.4 is 5.56 Å². The molecule has 34 heavy (non-hydrogen) atoms. The fourth-order valence-corrected chi connectivity index (χ4v) is 4.62. The van der Waals surface area contributed by atoms with Crippen molar-refractivity contribution in [3.63, 3.8) is 0 Å². The second-order valence-corrected chi connectivity index (χ2v) is 8.80. The smallest absolute Gasteiger partial charge is 0.393 e. The number of H-pyrrole nitrogens is 1. The van der Waals surface area contributed by atoms with E-state index in [1.54, 1.807) is 12.3 Å². The number of nitrogens with one attached hydrogen (secondary N) is 1. The minimum atomic E-state index is -4.53. The van der Waals surface area contributed by atoms with E-state index in [0.29, 0.717) is 5.56 Å². The Morgan fingerprint density at radius 2 is 1.79 bits per heavy atom. The molecule has 1 aliphatic carbocycles. The Hall–Kier alpha value is -3.46. The predicted molar refractivity (Wildman–Crippen MR) is 121 cm³/mol. The number of fused-ring (bicyclic) bond motifs is 1. The number of benzene rings is 1. The Kier molecular flexibility index (Phi) is 5.73. The van der Waals surface area contributed by atoms with Crippen LogP contribution in [0.3, 0.4) is 0 Å². The molecule has 5 rings (SSSR count). The Morgan fingerprint density at radius 3 is 2.53 bits per heavy atom. The molecule has 3 aromatic heterocycles. The molecule has 0 bridgehead atoms. The lowest BCUT2D eigenvalue weighted by atomic mass is 9.84. The maximum atomic E-state index is 12.9. The molecule has 1 saturated carbocycles. The van der Waals surface area contributed by atoms with E-state index in [0.717, 1.165) is 65.7 Å². The number of nitrogens with zero attached hydrogens (tertiary/aromatic N) is 3.